The van der Waals surface area contributed by atoms with E-state index in [1.54, 1.807) is 0 Å². The van der Waals surface area contributed by atoms with Gasteiger partial charge >= 0.3 is 0 Å². The first-order valence-electron chi connectivity index (χ1n) is 5.28. The van der Waals surface area contributed by atoms with E-state index in [0.29, 0.717) is 0 Å². The third-order valence-electron chi connectivity index (χ3n) is 3.16. The Kier molecular flexibility index (Phi) is 3.01. The van der Waals surface area contributed by atoms with E-state index in [4.69, 9.17) is 11.6 Å². The Morgan fingerprint density at radius 1 is 1.53 bits per heavy atom. The number of aliphatic hydroxyl groups is 1. The quantitative estimate of drug-likeness (QED) is 0.768. The van der Waals surface area contributed by atoms with Gasteiger partial charge < -0.3 is 10.4 Å². The van der Waals surface area contributed by atoms with Crippen molar-refractivity contribution in [3.05, 3.63) is 34.9 Å². The highest BCUT2D eigenvalue weighted by Crippen LogP contribution is 2.33. The predicted molar refractivity (Wildman–Crippen MR) is 62.3 cm³/mol. The van der Waals surface area contributed by atoms with E-state index >= 15 is 0 Å². The van der Waals surface area contributed by atoms with Gasteiger partial charge in [0.1, 0.15) is 0 Å². The Bertz CT molecular complexity index is 351. The van der Waals surface area contributed by atoms with Crippen LogP contribution in [-0.4, -0.2) is 23.8 Å². The molecule has 1 aliphatic rings. The molecule has 1 fully saturated rings. The minimum absolute atomic E-state index is 0.130. The number of benzene rings is 1. The molecule has 2 unspecified atom stereocenters. The molecule has 0 bridgehead atoms. The summed E-state index contributed by atoms with van der Waals surface area (Å²) >= 11 is 5.96. The Morgan fingerprint density at radius 2 is 2.33 bits per heavy atom. The maximum absolute atomic E-state index is 10.3. The molecule has 1 aromatic rings. The average Bonchev–Trinajstić information content (AvgIpc) is 2.17. The van der Waals surface area contributed by atoms with E-state index in [9.17, 15) is 5.11 Å². The lowest BCUT2D eigenvalue weighted by Crippen LogP contribution is -2.46. The zero-order valence-electron chi connectivity index (χ0n) is 8.83. The topological polar surface area (TPSA) is 32.3 Å². The SMILES string of the molecule is CC1(O)CCNCC1c1cccc(Cl)c1. The molecule has 0 amide bonds. The highest BCUT2D eigenvalue weighted by atomic mass is 35.5. The van der Waals surface area contributed by atoms with Crippen LogP contribution in [0.2, 0.25) is 5.02 Å². The summed E-state index contributed by atoms with van der Waals surface area (Å²) in [5.41, 5.74) is 0.482. The second-order valence-corrected chi connectivity index (χ2v) is 4.86. The minimum Gasteiger partial charge on any atom is -0.389 e. The van der Waals surface area contributed by atoms with Crippen molar-refractivity contribution in [3.63, 3.8) is 0 Å². The summed E-state index contributed by atoms with van der Waals surface area (Å²) in [5.74, 6) is 0.130. The fourth-order valence-corrected chi connectivity index (χ4v) is 2.38. The molecule has 2 rings (SSSR count). The fourth-order valence-electron chi connectivity index (χ4n) is 2.18. The maximum Gasteiger partial charge on any atom is 0.0712 e. The van der Waals surface area contributed by atoms with Crippen LogP contribution >= 0.6 is 11.6 Å². The van der Waals surface area contributed by atoms with E-state index in [2.05, 4.69) is 5.32 Å². The van der Waals surface area contributed by atoms with E-state index in [1.165, 1.54) is 0 Å². The summed E-state index contributed by atoms with van der Waals surface area (Å²) in [4.78, 5) is 0. The molecule has 0 aliphatic carbocycles. The Balaban J connectivity index is 2.29. The summed E-state index contributed by atoms with van der Waals surface area (Å²) in [5, 5.41) is 14.3. The number of rotatable bonds is 1. The second kappa shape index (κ2) is 4.12. The molecule has 1 saturated heterocycles. The minimum atomic E-state index is -0.629. The molecule has 2 atom stereocenters. The van der Waals surface area contributed by atoms with Crippen molar-refractivity contribution in [2.75, 3.05) is 13.1 Å². The van der Waals surface area contributed by atoms with Crippen LogP contribution < -0.4 is 5.32 Å². The standard InChI is InChI=1S/C12H16ClNO/c1-12(15)5-6-14-8-11(12)9-3-2-4-10(13)7-9/h2-4,7,11,14-15H,5-6,8H2,1H3. The summed E-state index contributed by atoms with van der Waals surface area (Å²) in [6.07, 6.45) is 0.782. The summed E-state index contributed by atoms with van der Waals surface area (Å²) in [6.45, 7) is 3.59. The number of hydrogen-bond donors (Lipinski definition) is 2. The van der Waals surface area contributed by atoms with Crippen molar-refractivity contribution in [2.45, 2.75) is 24.9 Å². The van der Waals surface area contributed by atoms with Crippen molar-refractivity contribution in [3.8, 4) is 0 Å². The average molecular weight is 226 g/mol. The van der Waals surface area contributed by atoms with Gasteiger partial charge in [0, 0.05) is 17.5 Å². The third kappa shape index (κ3) is 2.33. The van der Waals surface area contributed by atoms with Crippen LogP contribution in [0.1, 0.15) is 24.8 Å². The van der Waals surface area contributed by atoms with Crippen LogP contribution in [0.3, 0.4) is 0 Å². The molecule has 3 heteroatoms. The summed E-state index contributed by atoms with van der Waals surface area (Å²) in [7, 11) is 0. The highest BCUT2D eigenvalue weighted by Gasteiger charge is 2.35. The van der Waals surface area contributed by atoms with Gasteiger partial charge in [-0.25, -0.2) is 0 Å². The highest BCUT2D eigenvalue weighted by molar-refractivity contribution is 6.30. The molecule has 1 aromatic carbocycles. The lowest BCUT2D eigenvalue weighted by molar-refractivity contribution is 0.00783. The van der Waals surface area contributed by atoms with E-state index < -0.39 is 5.60 Å². The zero-order chi connectivity index (χ0) is 10.9. The molecule has 0 radical (unpaired) electrons. The van der Waals surface area contributed by atoms with E-state index in [-0.39, 0.29) is 5.92 Å². The van der Waals surface area contributed by atoms with Gasteiger partial charge in [0.05, 0.1) is 5.60 Å². The summed E-state index contributed by atoms with van der Waals surface area (Å²) < 4.78 is 0. The van der Waals surface area contributed by atoms with Crippen LogP contribution in [0.4, 0.5) is 0 Å². The van der Waals surface area contributed by atoms with Crippen molar-refractivity contribution in [1.82, 2.24) is 5.32 Å². The molecule has 0 spiro atoms. The van der Waals surface area contributed by atoms with Gasteiger partial charge in [0.2, 0.25) is 0 Å². The molecule has 15 heavy (non-hydrogen) atoms. The van der Waals surface area contributed by atoms with Crippen molar-refractivity contribution in [1.29, 1.82) is 0 Å². The van der Waals surface area contributed by atoms with Gasteiger partial charge in [-0.2, -0.15) is 0 Å². The van der Waals surface area contributed by atoms with Crippen LogP contribution in [0, 0.1) is 0 Å². The Morgan fingerprint density at radius 3 is 3.00 bits per heavy atom. The number of nitrogens with one attached hydrogen (secondary N) is 1. The first-order chi connectivity index (χ1) is 7.09. The van der Waals surface area contributed by atoms with Crippen molar-refractivity contribution in [2.24, 2.45) is 0 Å². The second-order valence-electron chi connectivity index (χ2n) is 4.42. The molecule has 0 aromatic heterocycles. The zero-order valence-corrected chi connectivity index (χ0v) is 9.59. The smallest absolute Gasteiger partial charge is 0.0712 e. The van der Waals surface area contributed by atoms with E-state index in [0.717, 1.165) is 30.1 Å². The van der Waals surface area contributed by atoms with Crippen molar-refractivity contribution < 1.29 is 5.11 Å². The number of hydrogen-bond acceptors (Lipinski definition) is 2. The lowest BCUT2D eigenvalue weighted by Gasteiger charge is -2.38. The van der Waals surface area contributed by atoms with Gasteiger partial charge in [-0.3, -0.25) is 0 Å². The first-order valence-corrected chi connectivity index (χ1v) is 5.66. The van der Waals surface area contributed by atoms with Crippen molar-refractivity contribution >= 4 is 11.6 Å². The van der Waals surface area contributed by atoms with Gasteiger partial charge in [0.25, 0.3) is 0 Å². The molecule has 0 saturated carbocycles. The van der Waals surface area contributed by atoms with Gasteiger partial charge in [-0.1, -0.05) is 23.7 Å². The molecular weight excluding hydrogens is 210 g/mol. The first kappa shape index (κ1) is 10.9. The lowest BCUT2D eigenvalue weighted by atomic mass is 9.79. The van der Waals surface area contributed by atoms with Crippen LogP contribution in [0.25, 0.3) is 0 Å². The normalized spacial score (nSPS) is 31.5. The van der Waals surface area contributed by atoms with Gasteiger partial charge in [0.15, 0.2) is 0 Å². The molecule has 2 N–H and O–H groups in total. The third-order valence-corrected chi connectivity index (χ3v) is 3.39. The monoisotopic (exact) mass is 225 g/mol. The molecule has 82 valence electrons. The van der Waals surface area contributed by atoms with Gasteiger partial charge in [-0.05, 0) is 37.6 Å². The predicted octanol–water partition coefficient (Wildman–Crippen LogP) is 2.17. The Hall–Kier alpha value is -0.570. The largest absolute Gasteiger partial charge is 0.389 e. The Labute approximate surface area is 95.3 Å². The maximum atomic E-state index is 10.3. The van der Waals surface area contributed by atoms with Crippen LogP contribution in [0.5, 0.6) is 0 Å². The molecule has 1 aliphatic heterocycles. The molecule has 2 nitrogen and oxygen atoms in total. The van der Waals surface area contributed by atoms with Gasteiger partial charge in [-0.15, -0.1) is 0 Å². The molecular formula is C12H16ClNO. The molecule has 1 heterocycles. The number of piperidine rings is 1. The van der Waals surface area contributed by atoms with Crippen LogP contribution in [0.15, 0.2) is 24.3 Å². The van der Waals surface area contributed by atoms with Crippen LogP contribution in [-0.2, 0) is 0 Å². The summed E-state index contributed by atoms with van der Waals surface area (Å²) in [6, 6.07) is 7.75. The number of halogens is 1. The fraction of sp³-hybridized carbons (Fsp3) is 0.500. The van der Waals surface area contributed by atoms with E-state index in [1.807, 2.05) is 31.2 Å².